The summed E-state index contributed by atoms with van der Waals surface area (Å²) in [7, 11) is 4.52. The third-order valence-electron chi connectivity index (χ3n) is 3.76. The molecule has 1 aliphatic heterocycles. The van der Waals surface area contributed by atoms with Gasteiger partial charge in [-0.25, -0.2) is 0 Å². The van der Waals surface area contributed by atoms with Crippen molar-refractivity contribution in [2.75, 3.05) is 21.3 Å². The van der Waals surface area contributed by atoms with Crippen molar-refractivity contribution in [3.63, 3.8) is 0 Å². The molecule has 1 aliphatic rings. The summed E-state index contributed by atoms with van der Waals surface area (Å²) in [6.45, 7) is 0. The van der Waals surface area contributed by atoms with Crippen LogP contribution in [0.4, 0.5) is 0 Å². The molecule has 0 saturated carbocycles. The van der Waals surface area contributed by atoms with Crippen LogP contribution in [0.2, 0.25) is 0 Å². The Morgan fingerprint density at radius 1 is 0.880 bits per heavy atom. The Bertz CT molecular complexity index is 877. The number of benzene rings is 2. The van der Waals surface area contributed by atoms with Gasteiger partial charge in [-0.3, -0.25) is 4.79 Å². The fourth-order valence-corrected chi connectivity index (χ4v) is 2.64. The number of nitrogens with zero attached hydrogens (tertiary/aromatic N) is 2. The second-order valence-electron chi connectivity index (χ2n) is 5.19. The van der Waals surface area contributed by atoms with E-state index in [4.69, 9.17) is 14.2 Å². The summed E-state index contributed by atoms with van der Waals surface area (Å²) in [5.74, 6) is 0.890. The second-order valence-corrected chi connectivity index (χ2v) is 5.19. The summed E-state index contributed by atoms with van der Waals surface area (Å²) in [6.07, 6.45) is 0. The van der Waals surface area contributed by atoms with Crippen LogP contribution in [0.25, 0.3) is 11.3 Å². The smallest absolute Gasteiger partial charge is 0.298 e. The van der Waals surface area contributed by atoms with Crippen LogP contribution in [0.1, 0.15) is 11.1 Å². The number of aromatic hydroxyl groups is 1. The van der Waals surface area contributed by atoms with Crippen molar-refractivity contribution in [3.8, 4) is 23.0 Å². The number of carbonyl (C=O) groups excluding carboxylic acids is 1. The number of phenolic OH excluding ortho intramolecular Hbond substituents is 1. The Hall–Kier alpha value is -3.35. The molecule has 0 atom stereocenters. The minimum Gasteiger partial charge on any atom is -0.508 e. The quantitative estimate of drug-likeness (QED) is 0.902. The molecular formula is C18H16N2O5. The number of methoxy groups -OCH3 is 3. The van der Waals surface area contributed by atoms with Crippen LogP contribution < -0.4 is 14.2 Å². The van der Waals surface area contributed by atoms with Gasteiger partial charge in [-0.05, 0) is 29.8 Å². The Morgan fingerprint density at radius 2 is 1.56 bits per heavy atom. The van der Waals surface area contributed by atoms with E-state index in [1.807, 2.05) is 0 Å². The molecule has 1 amide bonds. The minimum atomic E-state index is -0.477. The maximum absolute atomic E-state index is 12.2. The highest BCUT2D eigenvalue weighted by molar-refractivity contribution is 6.29. The van der Waals surface area contributed by atoms with Crippen molar-refractivity contribution in [1.29, 1.82) is 0 Å². The summed E-state index contributed by atoms with van der Waals surface area (Å²) < 4.78 is 16.0. The monoisotopic (exact) mass is 340 g/mol. The molecule has 0 spiro atoms. The van der Waals surface area contributed by atoms with E-state index in [0.29, 0.717) is 39.6 Å². The van der Waals surface area contributed by atoms with Crippen molar-refractivity contribution in [2.24, 2.45) is 10.2 Å². The summed E-state index contributed by atoms with van der Waals surface area (Å²) in [4.78, 5) is 12.2. The first-order valence-electron chi connectivity index (χ1n) is 7.39. The highest BCUT2D eigenvalue weighted by Gasteiger charge is 2.26. The normalized spacial score (nSPS) is 13.3. The van der Waals surface area contributed by atoms with Gasteiger partial charge in [0, 0.05) is 5.56 Å². The summed E-state index contributed by atoms with van der Waals surface area (Å²) >= 11 is 0. The molecule has 128 valence electrons. The van der Waals surface area contributed by atoms with Gasteiger partial charge >= 0.3 is 0 Å². The van der Waals surface area contributed by atoms with Gasteiger partial charge in [0.25, 0.3) is 5.91 Å². The topological polar surface area (TPSA) is 89.7 Å². The molecule has 0 aliphatic carbocycles. The van der Waals surface area contributed by atoms with Gasteiger partial charge < -0.3 is 19.3 Å². The molecule has 1 N–H and O–H groups in total. The fourth-order valence-electron chi connectivity index (χ4n) is 2.64. The highest BCUT2D eigenvalue weighted by Crippen LogP contribution is 2.43. The zero-order valence-electron chi connectivity index (χ0n) is 13.9. The van der Waals surface area contributed by atoms with Crippen molar-refractivity contribution in [2.45, 2.75) is 0 Å². The molecule has 7 heteroatoms. The predicted octanol–water partition coefficient (Wildman–Crippen LogP) is 3.28. The Labute approximate surface area is 144 Å². The number of ether oxygens (including phenoxy) is 3. The van der Waals surface area contributed by atoms with Crippen molar-refractivity contribution in [1.82, 2.24) is 0 Å². The number of phenols is 1. The Balaban J connectivity index is 2.22. The zero-order chi connectivity index (χ0) is 18.0. The molecular weight excluding hydrogens is 324 g/mol. The Morgan fingerprint density at radius 3 is 2.12 bits per heavy atom. The van der Waals surface area contributed by atoms with Crippen LogP contribution in [0, 0.1) is 0 Å². The van der Waals surface area contributed by atoms with E-state index in [1.165, 1.54) is 33.5 Å². The SMILES string of the molecule is COc1cc(C2=C(c3cccc(O)c3)C(=O)N=N2)cc(OC)c1OC. The molecule has 0 saturated heterocycles. The van der Waals surface area contributed by atoms with Crippen LogP contribution in [0.3, 0.4) is 0 Å². The lowest BCUT2D eigenvalue weighted by Crippen LogP contribution is -1.99. The third-order valence-corrected chi connectivity index (χ3v) is 3.76. The van der Waals surface area contributed by atoms with Gasteiger partial charge in [-0.1, -0.05) is 12.1 Å². The molecule has 3 rings (SSSR count). The second kappa shape index (κ2) is 6.64. The fraction of sp³-hybridized carbons (Fsp3) is 0.167. The first-order chi connectivity index (χ1) is 12.1. The summed E-state index contributed by atoms with van der Waals surface area (Å²) in [6, 6.07) is 9.75. The largest absolute Gasteiger partial charge is 0.508 e. The maximum atomic E-state index is 12.2. The number of amides is 1. The van der Waals surface area contributed by atoms with Crippen LogP contribution in [-0.4, -0.2) is 32.3 Å². The van der Waals surface area contributed by atoms with Crippen LogP contribution in [0.15, 0.2) is 46.6 Å². The van der Waals surface area contributed by atoms with Crippen LogP contribution in [0.5, 0.6) is 23.0 Å². The van der Waals surface area contributed by atoms with E-state index >= 15 is 0 Å². The lowest BCUT2D eigenvalue weighted by atomic mass is 9.99. The molecule has 0 radical (unpaired) electrons. The molecule has 2 aromatic rings. The van der Waals surface area contributed by atoms with E-state index in [2.05, 4.69) is 10.2 Å². The molecule has 1 heterocycles. The average Bonchev–Trinajstić information content (AvgIpc) is 3.01. The first kappa shape index (κ1) is 16.5. The number of rotatable bonds is 5. The molecule has 25 heavy (non-hydrogen) atoms. The van der Waals surface area contributed by atoms with Gasteiger partial charge in [0.2, 0.25) is 5.75 Å². The number of hydrogen-bond donors (Lipinski definition) is 1. The standard InChI is InChI=1S/C18H16N2O5/c1-23-13-8-11(9-14(24-2)17(13)25-3)16-15(18(22)20-19-16)10-5-4-6-12(21)7-10/h4-9,21H,1-3H3. The van der Waals surface area contributed by atoms with Gasteiger partial charge in [0.05, 0.1) is 26.9 Å². The van der Waals surface area contributed by atoms with Crippen LogP contribution >= 0.6 is 0 Å². The van der Waals surface area contributed by atoms with Gasteiger partial charge in [0.1, 0.15) is 11.4 Å². The number of hydrogen-bond acceptors (Lipinski definition) is 6. The van der Waals surface area contributed by atoms with Crippen molar-refractivity contribution >= 4 is 17.2 Å². The van der Waals surface area contributed by atoms with Gasteiger partial charge in [-0.15, -0.1) is 10.2 Å². The lowest BCUT2D eigenvalue weighted by molar-refractivity contribution is -0.112. The first-order valence-corrected chi connectivity index (χ1v) is 7.39. The highest BCUT2D eigenvalue weighted by atomic mass is 16.5. The molecule has 0 unspecified atom stereocenters. The summed E-state index contributed by atoms with van der Waals surface area (Å²) in [5, 5.41) is 17.4. The summed E-state index contributed by atoms with van der Waals surface area (Å²) in [5.41, 5.74) is 1.78. The third kappa shape index (κ3) is 2.91. The zero-order valence-corrected chi connectivity index (χ0v) is 13.9. The average molecular weight is 340 g/mol. The molecule has 2 aromatic carbocycles. The molecule has 0 bridgehead atoms. The predicted molar refractivity (Wildman–Crippen MR) is 90.9 cm³/mol. The molecule has 0 aromatic heterocycles. The van der Waals surface area contributed by atoms with E-state index in [0.717, 1.165) is 0 Å². The molecule has 0 fully saturated rings. The molecule has 7 nitrogen and oxygen atoms in total. The Kier molecular flexibility index (Phi) is 4.38. The number of carbonyl (C=O) groups is 1. The lowest BCUT2D eigenvalue weighted by Gasteiger charge is -2.14. The maximum Gasteiger partial charge on any atom is 0.298 e. The minimum absolute atomic E-state index is 0.0499. The van der Waals surface area contributed by atoms with Crippen molar-refractivity contribution in [3.05, 3.63) is 47.5 Å². The van der Waals surface area contributed by atoms with Crippen LogP contribution in [-0.2, 0) is 4.79 Å². The van der Waals surface area contributed by atoms with E-state index in [-0.39, 0.29) is 5.75 Å². The van der Waals surface area contributed by atoms with E-state index in [1.54, 1.807) is 24.3 Å². The number of azo groups is 1. The van der Waals surface area contributed by atoms with E-state index in [9.17, 15) is 9.90 Å². The van der Waals surface area contributed by atoms with Gasteiger partial charge in [0.15, 0.2) is 11.5 Å². The van der Waals surface area contributed by atoms with E-state index < -0.39 is 5.91 Å². The van der Waals surface area contributed by atoms with Crippen molar-refractivity contribution < 1.29 is 24.1 Å². The van der Waals surface area contributed by atoms with Gasteiger partial charge in [-0.2, -0.15) is 0 Å².